The number of hydrogen-bond acceptors (Lipinski definition) is 4. The van der Waals surface area contributed by atoms with Crippen molar-refractivity contribution in [2.45, 2.75) is 13.8 Å². The van der Waals surface area contributed by atoms with Crippen LogP contribution in [0.25, 0.3) is 0 Å². The van der Waals surface area contributed by atoms with Crippen LogP contribution in [0.5, 0.6) is 0 Å². The number of benzene rings is 1. The molecular weight excluding hydrogens is 261 g/mol. The first-order valence-electron chi connectivity index (χ1n) is 6.13. The van der Waals surface area contributed by atoms with Gasteiger partial charge in [0.05, 0.1) is 11.3 Å². The number of hydrogen-bond donors (Lipinski definition) is 1. The maximum atomic E-state index is 12.9. The van der Waals surface area contributed by atoms with Gasteiger partial charge in [0.25, 0.3) is 0 Å². The van der Waals surface area contributed by atoms with Crippen LogP contribution in [0.1, 0.15) is 23.0 Å². The molecule has 1 heterocycles. The van der Waals surface area contributed by atoms with Gasteiger partial charge < -0.3 is 10.0 Å². The summed E-state index contributed by atoms with van der Waals surface area (Å²) in [5.41, 5.74) is 1.21. The standard InChI is InChI=1S/C14H14FN3O2/c1-3-18(11-6-4-10(15)5-7-11)14-16-8-12(13(19)20)9(2)17-14/h4-8H,3H2,1-2H3,(H,19,20). The third-order valence-corrected chi connectivity index (χ3v) is 2.89. The van der Waals surface area contributed by atoms with Crippen molar-refractivity contribution in [1.82, 2.24) is 9.97 Å². The zero-order valence-electron chi connectivity index (χ0n) is 11.2. The number of carbonyl (C=O) groups is 1. The lowest BCUT2D eigenvalue weighted by Gasteiger charge is -2.21. The van der Waals surface area contributed by atoms with Crippen LogP contribution in [0.4, 0.5) is 16.0 Å². The van der Waals surface area contributed by atoms with E-state index in [1.165, 1.54) is 18.3 Å². The molecule has 0 saturated carbocycles. The van der Waals surface area contributed by atoms with Crippen molar-refractivity contribution in [3.05, 3.63) is 47.5 Å². The summed E-state index contributed by atoms with van der Waals surface area (Å²) in [6, 6.07) is 5.97. The Balaban J connectivity index is 2.39. The third kappa shape index (κ3) is 2.74. The fourth-order valence-corrected chi connectivity index (χ4v) is 1.86. The Hall–Kier alpha value is -2.50. The van der Waals surface area contributed by atoms with E-state index in [1.807, 2.05) is 6.92 Å². The lowest BCUT2D eigenvalue weighted by atomic mass is 10.2. The SMILES string of the molecule is CCN(c1ccc(F)cc1)c1ncc(C(=O)O)c(C)n1. The molecule has 1 aromatic heterocycles. The fraction of sp³-hybridized carbons (Fsp3) is 0.214. The number of anilines is 2. The quantitative estimate of drug-likeness (QED) is 0.929. The van der Waals surface area contributed by atoms with Crippen LogP contribution in [0.3, 0.4) is 0 Å². The van der Waals surface area contributed by atoms with Gasteiger partial charge in [-0.2, -0.15) is 0 Å². The molecule has 104 valence electrons. The molecule has 0 fully saturated rings. The number of nitrogens with zero attached hydrogens (tertiary/aromatic N) is 3. The highest BCUT2D eigenvalue weighted by Crippen LogP contribution is 2.22. The first-order chi connectivity index (χ1) is 9.52. The van der Waals surface area contributed by atoms with E-state index in [0.29, 0.717) is 18.2 Å². The molecule has 0 aliphatic rings. The summed E-state index contributed by atoms with van der Waals surface area (Å²) in [6.45, 7) is 4.11. The van der Waals surface area contributed by atoms with E-state index in [9.17, 15) is 9.18 Å². The fourth-order valence-electron chi connectivity index (χ4n) is 1.86. The van der Waals surface area contributed by atoms with Crippen molar-refractivity contribution in [2.24, 2.45) is 0 Å². The van der Waals surface area contributed by atoms with Crippen LogP contribution in [0.15, 0.2) is 30.5 Å². The van der Waals surface area contributed by atoms with Crippen LogP contribution in [-0.2, 0) is 0 Å². The minimum Gasteiger partial charge on any atom is -0.478 e. The molecular formula is C14H14FN3O2. The van der Waals surface area contributed by atoms with Gasteiger partial charge in [0.15, 0.2) is 0 Å². The summed E-state index contributed by atoms with van der Waals surface area (Å²) >= 11 is 0. The third-order valence-electron chi connectivity index (χ3n) is 2.89. The summed E-state index contributed by atoms with van der Waals surface area (Å²) in [4.78, 5) is 21.0. The maximum Gasteiger partial charge on any atom is 0.339 e. The Morgan fingerprint density at radius 3 is 2.50 bits per heavy atom. The molecule has 0 amide bonds. The number of carboxylic acid groups (broad SMARTS) is 1. The Morgan fingerprint density at radius 1 is 1.35 bits per heavy atom. The van der Waals surface area contributed by atoms with Gasteiger partial charge in [-0.15, -0.1) is 0 Å². The predicted octanol–water partition coefficient (Wildman–Crippen LogP) is 2.78. The largest absolute Gasteiger partial charge is 0.478 e. The highest BCUT2D eigenvalue weighted by molar-refractivity contribution is 5.88. The highest BCUT2D eigenvalue weighted by atomic mass is 19.1. The number of aromatic nitrogens is 2. The number of rotatable bonds is 4. The van der Waals surface area contributed by atoms with E-state index in [-0.39, 0.29) is 11.4 Å². The van der Waals surface area contributed by atoms with Gasteiger partial charge in [-0.3, -0.25) is 0 Å². The molecule has 5 nitrogen and oxygen atoms in total. The van der Waals surface area contributed by atoms with E-state index < -0.39 is 5.97 Å². The van der Waals surface area contributed by atoms with Crippen LogP contribution in [0, 0.1) is 12.7 Å². The van der Waals surface area contributed by atoms with Gasteiger partial charge in [0.2, 0.25) is 5.95 Å². The monoisotopic (exact) mass is 275 g/mol. The lowest BCUT2D eigenvalue weighted by molar-refractivity contribution is 0.0695. The van der Waals surface area contributed by atoms with Crippen molar-refractivity contribution in [3.63, 3.8) is 0 Å². The second kappa shape index (κ2) is 5.64. The van der Waals surface area contributed by atoms with Gasteiger partial charge in [-0.25, -0.2) is 19.2 Å². The molecule has 0 saturated heterocycles. The molecule has 0 aliphatic heterocycles. The van der Waals surface area contributed by atoms with Crippen LogP contribution < -0.4 is 4.90 Å². The van der Waals surface area contributed by atoms with E-state index in [1.54, 1.807) is 24.0 Å². The van der Waals surface area contributed by atoms with Gasteiger partial charge in [-0.1, -0.05) is 0 Å². The summed E-state index contributed by atoms with van der Waals surface area (Å²) < 4.78 is 12.9. The van der Waals surface area contributed by atoms with Gasteiger partial charge in [0.1, 0.15) is 5.82 Å². The Morgan fingerprint density at radius 2 is 2.00 bits per heavy atom. The molecule has 0 spiro atoms. The minimum atomic E-state index is -1.06. The van der Waals surface area contributed by atoms with Gasteiger partial charge in [0, 0.05) is 18.4 Å². The van der Waals surface area contributed by atoms with Crippen molar-refractivity contribution >= 4 is 17.6 Å². The Bertz CT molecular complexity index is 629. The molecule has 0 unspecified atom stereocenters. The highest BCUT2D eigenvalue weighted by Gasteiger charge is 2.14. The summed E-state index contributed by atoms with van der Waals surface area (Å²) in [5.74, 6) is -0.983. The number of aromatic carboxylic acids is 1. The zero-order valence-corrected chi connectivity index (χ0v) is 11.2. The Labute approximate surface area is 115 Å². The molecule has 0 atom stereocenters. The second-order valence-electron chi connectivity index (χ2n) is 4.19. The first-order valence-corrected chi connectivity index (χ1v) is 6.13. The van der Waals surface area contributed by atoms with Crippen LogP contribution >= 0.6 is 0 Å². The van der Waals surface area contributed by atoms with E-state index in [4.69, 9.17) is 5.11 Å². The smallest absolute Gasteiger partial charge is 0.339 e. The molecule has 2 rings (SSSR count). The van der Waals surface area contributed by atoms with Gasteiger partial charge >= 0.3 is 5.97 Å². The zero-order chi connectivity index (χ0) is 14.7. The molecule has 20 heavy (non-hydrogen) atoms. The number of aryl methyl sites for hydroxylation is 1. The summed E-state index contributed by atoms with van der Waals surface area (Å²) in [7, 11) is 0. The molecule has 1 aromatic carbocycles. The molecule has 2 aromatic rings. The second-order valence-corrected chi connectivity index (χ2v) is 4.19. The lowest BCUT2D eigenvalue weighted by Crippen LogP contribution is -2.20. The number of carboxylic acids is 1. The molecule has 6 heteroatoms. The van der Waals surface area contributed by atoms with Crippen molar-refractivity contribution < 1.29 is 14.3 Å². The summed E-state index contributed by atoms with van der Waals surface area (Å²) in [5, 5.41) is 8.96. The van der Waals surface area contributed by atoms with Crippen LogP contribution in [-0.4, -0.2) is 27.6 Å². The van der Waals surface area contributed by atoms with Crippen molar-refractivity contribution in [1.29, 1.82) is 0 Å². The first kappa shape index (κ1) is 13.9. The van der Waals surface area contributed by atoms with Crippen molar-refractivity contribution in [2.75, 3.05) is 11.4 Å². The molecule has 0 bridgehead atoms. The summed E-state index contributed by atoms with van der Waals surface area (Å²) in [6.07, 6.45) is 1.28. The van der Waals surface area contributed by atoms with E-state index in [2.05, 4.69) is 9.97 Å². The topological polar surface area (TPSA) is 66.3 Å². The molecule has 0 aliphatic carbocycles. The number of halogens is 1. The van der Waals surface area contributed by atoms with E-state index in [0.717, 1.165) is 5.69 Å². The van der Waals surface area contributed by atoms with E-state index >= 15 is 0 Å². The Kier molecular flexibility index (Phi) is 3.93. The normalized spacial score (nSPS) is 10.3. The molecule has 0 radical (unpaired) electrons. The average Bonchev–Trinajstić information content (AvgIpc) is 2.41. The minimum absolute atomic E-state index is 0.0731. The maximum absolute atomic E-state index is 12.9. The predicted molar refractivity (Wildman–Crippen MR) is 72.8 cm³/mol. The van der Waals surface area contributed by atoms with Gasteiger partial charge in [-0.05, 0) is 38.1 Å². The van der Waals surface area contributed by atoms with Crippen LogP contribution in [0.2, 0.25) is 0 Å². The van der Waals surface area contributed by atoms with Crippen molar-refractivity contribution in [3.8, 4) is 0 Å². The molecule has 1 N–H and O–H groups in total. The average molecular weight is 275 g/mol.